The van der Waals surface area contributed by atoms with Gasteiger partial charge in [0.2, 0.25) is 0 Å². The lowest BCUT2D eigenvalue weighted by molar-refractivity contribution is 0.182. The molecule has 3 heteroatoms. The van der Waals surface area contributed by atoms with Crippen LogP contribution in [0.1, 0.15) is 47.0 Å². The molecule has 0 saturated heterocycles. The molecule has 0 aromatic heterocycles. The molecule has 1 rings (SSSR count). The first-order valence-electron chi connectivity index (χ1n) is 6.55. The van der Waals surface area contributed by atoms with Gasteiger partial charge in [-0.1, -0.05) is 38.5 Å². The van der Waals surface area contributed by atoms with Crippen molar-refractivity contribution in [2.24, 2.45) is 11.3 Å². The van der Waals surface area contributed by atoms with Gasteiger partial charge < -0.3 is 4.74 Å². The molecule has 1 atom stereocenters. The predicted molar refractivity (Wildman–Crippen MR) is 75.8 cm³/mol. The van der Waals surface area contributed by atoms with Crippen LogP contribution in [0.2, 0.25) is 0 Å². The molecule has 0 saturated carbocycles. The number of hydrogen-bond acceptors (Lipinski definition) is 2. The molecular weight excluding hydrogens is 248 g/mol. The lowest BCUT2D eigenvalue weighted by Gasteiger charge is -2.29. The highest BCUT2D eigenvalue weighted by molar-refractivity contribution is 6.61. The summed E-state index contributed by atoms with van der Waals surface area (Å²) in [4.78, 5) is 10.6. The van der Waals surface area contributed by atoms with Gasteiger partial charge in [0.05, 0.1) is 0 Å². The number of ether oxygens (including phenoxy) is 1. The minimum Gasteiger partial charge on any atom is -0.449 e. The van der Waals surface area contributed by atoms with Gasteiger partial charge in [-0.3, -0.25) is 0 Å². The lowest BCUT2D eigenvalue weighted by atomic mass is 9.76. The predicted octanol–water partition coefficient (Wildman–Crippen LogP) is 5.08. The fourth-order valence-corrected chi connectivity index (χ4v) is 2.41. The normalized spacial score (nSPS) is 22.8. The second-order valence-electron chi connectivity index (χ2n) is 5.52. The van der Waals surface area contributed by atoms with Crippen molar-refractivity contribution < 1.29 is 9.53 Å². The van der Waals surface area contributed by atoms with Gasteiger partial charge in [0, 0.05) is 11.6 Å². The zero-order chi connectivity index (χ0) is 13.8. The largest absolute Gasteiger partial charge is 0.449 e. The van der Waals surface area contributed by atoms with E-state index in [1.54, 1.807) is 0 Å². The number of carbonyl (C=O) groups is 1. The molecule has 18 heavy (non-hydrogen) atoms. The van der Waals surface area contributed by atoms with Crippen molar-refractivity contribution in [1.82, 2.24) is 0 Å². The molecule has 0 N–H and O–H groups in total. The van der Waals surface area contributed by atoms with Crippen molar-refractivity contribution >= 4 is 17.0 Å². The van der Waals surface area contributed by atoms with Crippen LogP contribution in [-0.2, 0) is 4.74 Å². The van der Waals surface area contributed by atoms with E-state index in [0.29, 0.717) is 12.5 Å². The number of hydrogen-bond donors (Lipinski definition) is 0. The quantitative estimate of drug-likeness (QED) is 0.514. The Labute approximate surface area is 115 Å². The zero-order valence-electron chi connectivity index (χ0n) is 11.8. The van der Waals surface area contributed by atoms with Gasteiger partial charge in [-0.05, 0) is 43.1 Å². The Hall–Kier alpha value is -0.760. The smallest absolute Gasteiger partial charge is 0.404 e. The van der Waals surface area contributed by atoms with Crippen LogP contribution < -0.4 is 0 Å². The van der Waals surface area contributed by atoms with E-state index < -0.39 is 5.43 Å². The second-order valence-corrected chi connectivity index (χ2v) is 5.83. The summed E-state index contributed by atoms with van der Waals surface area (Å²) in [5.41, 5.74) is 2.17. The molecule has 0 fully saturated rings. The molecule has 0 amide bonds. The first kappa shape index (κ1) is 15.3. The molecule has 0 aromatic carbocycles. The van der Waals surface area contributed by atoms with Crippen LogP contribution in [0.15, 0.2) is 23.3 Å². The summed E-state index contributed by atoms with van der Waals surface area (Å²) in [7, 11) is 0. The van der Waals surface area contributed by atoms with E-state index in [2.05, 4.69) is 39.8 Å². The fraction of sp³-hybridized carbons (Fsp3) is 0.667. The van der Waals surface area contributed by atoms with Gasteiger partial charge in [0.1, 0.15) is 6.61 Å². The monoisotopic (exact) mass is 270 g/mol. The zero-order valence-corrected chi connectivity index (χ0v) is 12.5. The van der Waals surface area contributed by atoms with Crippen LogP contribution in [0.5, 0.6) is 0 Å². The fourth-order valence-electron chi connectivity index (χ4n) is 2.35. The number of rotatable bonds is 5. The summed E-state index contributed by atoms with van der Waals surface area (Å²) >= 11 is 5.17. The van der Waals surface area contributed by atoms with Crippen molar-refractivity contribution in [3.05, 3.63) is 23.3 Å². The molecule has 0 spiro atoms. The first-order valence-corrected chi connectivity index (χ1v) is 6.93. The van der Waals surface area contributed by atoms with E-state index in [0.717, 1.165) is 24.8 Å². The van der Waals surface area contributed by atoms with Gasteiger partial charge in [-0.25, -0.2) is 4.79 Å². The van der Waals surface area contributed by atoms with E-state index in [1.807, 2.05) is 0 Å². The summed E-state index contributed by atoms with van der Waals surface area (Å²) in [5.74, 6) is 0.644. The van der Waals surface area contributed by atoms with Gasteiger partial charge >= 0.3 is 5.43 Å². The van der Waals surface area contributed by atoms with Crippen molar-refractivity contribution in [2.45, 2.75) is 47.0 Å². The third-order valence-electron chi connectivity index (χ3n) is 4.26. The van der Waals surface area contributed by atoms with Crippen molar-refractivity contribution in [3.8, 4) is 0 Å². The second kappa shape index (κ2) is 6.42. The molecule has 1 aliphatic rings. The number of halogens is 1. The average molecular weight is 271 g/mol. The van der Waals surface area contributed by atoms with Gasteiger partial charge in [-0.2, -0.15) is 0 Å². The lowest BCUT2D eigenvalue weighted by Crippen LogP contribution is -2.20. The Bertz CT molecular complexity index is 367. The molecule has 0 aliphatic heterocycles. The van der Waals surface area contributed by atoms with Crippen LogP contribution in [0.4, 0.5) is 4.79 Å². The van der Waals surface area contributed by atoms with E-state index >= 15 is 0 Å². The molecule has 102 valence electrons. The Morgan fingerprint density at radius 1 is 1.61 bits per heavy atom. The van der Waals surface area contributed by atoms with Crippen molar-refractivity contribution in [1.29, 1.82) is 0 Å². The Morgan fingerprint density at radius 3 is 2.72 bits per heavy atom. The summed E-state index contributed by atoms with van der Waals surface area (Å²) in [6.45, 7) is 9.19. The van der Waals surface area contributed by atoms with E-state index in [-0.39, 0.29) is 5.41 Å². The Morgan fingerprint density at radius 2 is 2.28 bits per heavy atom. The first-order chi connectivity index (χ1) is 8.37. The molecule has 0 heterocycles. The number of allylic oxidation sites excluding steroid dienone is 3. The summed E-state index contributed by atoms with van der Waals surface area (Å²) in [6.07, 6.45) is 7.61. The van der Waals surface area contributed by atoms with Crippen molar-refractivity contribution in [2.75, 3.05) is 6.61 Å². The maximum Gasteiger partial charge on any atom is 0.404 e. The van der Waals surface area contributed by atoms with Crippen molar-refractivity contribution in [3.63, 3.8) is 0 Å². The molecule has 1 unspecified atom stereocenters. The SMILES string of the molecule is CCC(=CCC1CC=C(C)C1(C)C)COC(=O)Cl. The highest BCUT2D eigenvalue weighted by atomic mass is 35.5. The minimum absolute atomic E-state index is 0.276. The molecule has 0 bridgehead atoms. The average Bonchev–Trinajstić information content (AvgIpc) is 2.55. The highest BCUT2D eigenvalue weighted by Crippen LogP contribution is 2.44. The Kier molecular flexibility index (Phi) is 5.46. The molecule has 2 nitrogen and oxygen atoms in total. The topological polar surface area (TPSA) is 26.3 Å². The standard InChI is InChI=1S/C15H23ClO2/c1-5-12(10-18-14(16)17)7-9-13-8-6-11(2)15(13,3)4/h6-7,13H,5,8-10H2,1-4H3. The highest BCUT2D eigenvalue weighted by Gasteiger charge is 2.33. The summed E-state index contributed by atoms with van der Waals surface area (Å²) in [5, 5.41) is 0. The van der Waals surface area contributed by atoms with Gasteiger partial charge in [0.15, 0.2) is 0 Å². The summed E-state index contributed by atoms with van der Waals surface area (Å²) in [6, 6.07) is 0. The van der Waals surface area contributed by atoms with E-state index in [4.69, 9.17) is 16.3 Å². The van der Waals surface area contributed by atoms with Crippen LogP contribution in [0, 0.1) is 11.3 Å². The third-order valence-corrected chi connectivity index (χ3v) is 4.37. The number of carbonyl (C=O) groups excluding carboxylic acids is 1. The van der Waals surface area contributed by atoms with Gasteiger partial charge in [0.25, 0.3) is 0 Å². The molecule has 1 aliphatic carbocycles. The van der Waals surface area contributed by atoms with E-state index in [9.17, 15) is 4.79 Å². The van der Waals surface area contributed by atoms with Crippen LogP contribution in [0.3, 0.4) is 0 Å². The maximum absolute atomic E-state index is 10.6. The summed E-state index contributed by atoms with van der Waals surface area (Å²) < 4.78 is 4.83. The molecular formula is C15H23ClO2. The maximum atomic E-state index is 10.6. The van der Waals surface area contributed by atoms with Crippen LogP contribution >= 0.6 is 11.6 Å². The van der Waals surface area contributed by atoms with Gasteiger partial charge in [-0.15, -0.1) is 0 Å². The molecule has 0 radical (unpaired) electrons. The minimum atomic E-state index is -0.729. The van der Waals surface area contributed by atoms with Crippen LogP contribution in [0.25, 0.3) is 0 Å². The van der Waals surface area contributed by atoms with E-state index in [1.165, 1.54) is 5.57 Å². The molecule has 0 aromatic rings. The Balaban J connectivity index is 2.54. The third kappa shape index (κ3) is 3.88. The van der Waals surface area contributed by atoms with Crippen LogP contribution in [-0.4, -0.2) is 12.0 Å².